The highest BCUT2D eigenvalue weighted by Crippen LogP contribution is 2.42. The van der Waals surface area contributed by atoms with Crippen LogP contribution in [0.25, 0.3) is 0 Å². The van der Waals surface area contributed by atoms with Gasteiger partial charge in [-0.1, -0.05) is 31.5 Å². The van der Waals surface area contributed by atoms with Gasteiger partial charge in [0.05, 0.1) is 23.9 Å². The van der Waals surface area contributed by atoms with E-state index in [0.29, 0.717) is 0 Å². The Morgan fingerprint density at radius 2 is 2.05 bits per heavy atom. The zero-order chi connectivity index (χ0) is 14.8. The molecular weight excluding hydrogens is 269 g/mol. The Morgan fingerprint density at radius 3 is 2.70 bits per heavy atom. The van der Waals surface area contributed by atoms with Crippen molar-refractivity contribution in [3.8, 4) is 0 Å². The molecule has 112 valence electrons. The van der Waals surface area contributed by atoms with Gasteiger partial charge in [0.25, 0.3) is 0 Å². The van der Waals surface area contributed by atoms with E-state index in [1.54, 1.807) is 0 Å². The summed E-state index contributed by atoms with van der Waals surface area (Å²) in [6.45, 7) is 2.27. The van der Waals surface area contributed by atoms with Crippen LogP contribution in [0.4, 0.5) is 13.2 Å². The molecule has 1 aromatic rings. The molecule has 1 fully saturated rings. The van der Waals surface area contributed by atoms with Crippen molar-refractivity contribution in [1.82, 2.24) is 0 Å². The van der Waals surface area contributed by atoms with Gasteiger partial charge in [-0.25, -0.2) is 0 Å². The molecular formula is C15H19F3O2. The molecule has 0 aliphatic carbocycles. The zero-order valence-corrected chi connectivity index (χ0v) is 11.4. The molecule has 2 rings (SSSR count). The minimum Gasteiger partial charge on any atom is -0.385 e. The first-order valence-corrected chi connectivity index (χ1v) is 6.87. The van der Waals surface area contributed by atoms with Crippen molar-refractivity contribution < 1.29 is 23.0 Å². The third-order valence-electron chi connectivity index (χ3n) is 3.78. The van der Waals surface area contributed by atoms with Crippen LogP contribution < -0.4 is 0 Å². The van der Waals surface area contributed by atoms with Crippen LogP contribution in [0.2, 0.25) is 0 Å². The number of alkyl halides is 3. The molecule has 5 heteroatoms. The predicted octanol–water partition coefficient (Wildman–Crippen LogP) is 3.87. The molecule has 1 aliphatic heterocycles. The van der Waals surface area contributed by atoms with Crippen LogP contribution in [0.1, 0.15) is 43.7 Å². The average molecular weight is 288 g/mol. The summed E-state index contributed by atoms with van der Waals surface area (Å²) in [6.07, 6.45) is -2.60. The summed E-state index contributed by atoms with van der Waals surface area (Å²) < 4.78 is 44.7. The van der Waals surface area contributed by atoms with E-state index in [1.807, 2.05) is 6.92 Å². The first kappa shape index (κ1) is 15.3. The number of halogens is 3. The number of aliphatic hydroxyl groups is 1. The van der Waals surface area contributed by atoms with E-state index in [-0.39, 0.29) is 31.1 Å². The molecule has 0 aromatic heterocycles. The molecule has 0 radical (unpaired) electrons. The topological polar surface area (TPSA) is 29.5 Å². The fraction of sp³-hybridized carbons (Fsp3) is 0.600. The van der Waals surface area contributed by atoms with Crippen LogP contribution in [0.3, 0.4) is 0 Å². The first-order chi connectivity index (χ1) is 9.37. The molecule has 1 aromatic carbocycles. The van der Waals surface area contributed by atoms with E-state index >= 15 is 0 Å². The van der Waals surface area contributed by atoms with Crippen molar-refractivity contribution in [1.29, 1.82) is 0 Å². The maximum atomic E-state index is 13.1. The Labute approximate surface area is 116 Å². The van der Waals surface area contributed by atoms with E-state index in [2.05, 4.69) is 0 Å². The summed E-state index contributed by atoms with van der Waals surface area (Å²) in [5.74, 6) is 0. The van der Waals surface area contributed by atoms with Crippen molar-refractivity contribution in [3.63, 3.8) is 0 Å². The molecule has 0 bridgehead atoms. The number of benzene rings is 1. The predicted molar refractivity (Wildman–Crippen MR) is 69.2 cm³/mol. The van der Waals surface area contributed by atoms with Gasteiger partial charge >= 0.3 is 6.18 Å². The lowest BCUT2D eigenvalue weighted by atomic mass is 9.80. The SMILES string of the molecule is CCCC1CC(O)(c2ccccc2C(F)(F)F)CCO1. The summed E-state index contributed by atoms with van der Waals surface area (Å²) in [5.41, 5.74) is -2.24. The van der Waals surface area contributed by atoms with E-state index in [1.165, 1.54) is 18.2 Å². The summed E-state index contributed by atoms with van der Waals surface area (Å²) in [4.78, 5) is 0. The monoisotopic (exact) mass is 288 g/mol. The van der Waals surface area contributed by atoms with Crippen LogP contribution in [-0.4, -0.2) is 17.8 Å². The molecule has 1 heterocycles. The molecule has 1 aliphatic rings. The molecule has 0 spiro atoms. The number of rotatable bonds is 3. The van der Waals surface area contributed by atoms with Crippen LogP contribution in [0.15, 0.2) is 24.3 Å². The van der Waals surface area contributed by atoms with Gasteiger partial charge in [-0.05, 0) is 18.1 Å². The van der Waals surface area contributed by atoms with Gasteiger partial charge in [-0.2, -0.15) is 13.2 Å². The second kappa shape index (κ2) is 5.74. The second-order valence-electron chi connectivity index (χ2n) is 5.31. The minimum atomic E-state index is -4.45. The van der Waals surface area contributed by atoms with Gasteiger partial charge < -0.3 is 9.84 Å². The van der Waals surface area contributed by atoms with Crippen molar-refractivity contribution in [2.75, 3.05) is 6.61 Å². The normalized spacial score (nSPS) is 27.6. The molecule has 2 nitrogen and oxygen atoms in total. The zero-order valence-electron chi connectivity index (χ0n) is 11.4. The summed E-state index contributed by atoms with van der Waals surface area (Å²) in [7, 11) is 0. The minimum absolute atomic E-state index is 0.0306. The molecule has 2 unspecified atom stereocenters. The maximum absolute atomic E-state index is 13.1. The fourth-order valence-corrected chi connectivity index (χ4v) is 2.82. The lowest BCUT2D eigenvalue weighted by molar-refractivity contribution is -0.147. The lowest BCUT2D eigenvalue weighted by Crippen LogP contribution is -2.40. The van der Waals surface area contributed by atoms with Crippen LogP contribution in [0.5, 0.6) is 0 Å². The van der Waals surface area contributed by atoms with Gasteiger partial charge in [0, 0.05) is 12.8 Å². The second-order valence-corrected chi connectivity index (χ2v) is 5.31. The summed E-state index contributed by atoms with van der Waals surface area (Å²) >= 11 is 0. The fourth-order valence-electron chi connectivity index (χ4n) is 2.82. The van der Waals surface area contributed by atoms with E-state index in [0.717, 1.165) is 18.9 Å². The van der Waals surface area contributed by atoms with Gasteiger partial charge in [-0.3, -0.25) is 0 Å². The van der Waals surface area contributed by atoms with Crippen molar-refractivity contribution in [2.24, 2.45) is 0 Å². The Kier molecular flexibility index (Phi) is 4.39. The van der Waals surface area contributed by atoms with Crippen molar-refractivity contribution in [3.05, 3.63) is 35.4 Å². The third-order valence-corrected chi connectivity index (χ3v) is 3.78. The molecule has 1 N–H and O–H groups in total. The highest BCUT2D eigenvalue weighted by atomic mass is 19.4. The number of ether oxygens (including phenoxy) is 1. The quantitative estimate of drug-likeness (QED) is 0.915. The van der Waals surface area contributed by atoms with E-state index in [4.69, 9.17) is 4.74 Å². The van der Waals surface area contributed by atoms with Crippen molar-refractivity contribution in [2.45, 2.75) is 50.5 Å². The molecule has 0 amide bonds. The standard InChI is InChI=1S/C15H19F3O2/c1-2-5-11-10-14(19,8-9-20-11)12-6-3-4-7-13(12)15(16,17)18/h3-4,6-7,11,19H,2,5,8-10H2,1H3. The molecule has 2 atom stereocenters. The van der Waals surface area contributed by atoms with Crippen LogP contribution in [0, 0.1) is 0 Å². The molecule has 0 saturated carbocycles. The number of hydrogen-bond donors (Lipinski definition) is 1. The molecule has 20 heavy (non-hydrogen) atoms. The van der Waals surface area contributed by atoms with Gasteiger partial charge in [0.2, 0.25) is 0 Å². The Morgan fingerprint density at radius 1 is 1.35 bits per heavy atom. The van der Waals surface area contributed by atoms with Crippen LogP contribution >= 0.6 is 0 Å². The average Bonchev–Trinajstić information content (AvgIpc) is 2.38. The Balaban J connectivity index is 2.34. The summed E-state index contributed by atoms with van der Waals surface area (Å²) in [5, 5.41) is 10.7. The lowest BCUT2D eigenvalue weighted by Gasteiger charge is -2.38. The van der Waals surface area contributed by atoms with E-state index in [9.17, 15) is 18.3 Å². The van der Waals surface area contributed by atoms with Gasteiger partial charge in [0.15, 0.2) is 0 Å². The molecule has 1 saturated heterocycles. The Hall–Kier alpha value is -1.07. The summed E-state index contributed by atoms with van der Waals surface area (Å²) in [6, 6.07) is 5.28. The highest BCUT2D eigenvalue weighted by molar-refractivity contribution is 5.35. The third kappa shape index (κ3) is 3.15. The smallest absolute Gasteiger partial charge is 0.385 e. The largest absolute Gasteiger partial charge is 0.416 e. The van der Waals surface area contributed by atoms with Crippen molar-refractivity contribution >= 4 is 0 Å². The Bertz CT molecular complexity index is 457. The first-order valence-electron chi connectivity index (χ1n) is 6.87. The number of hydrogen-bond acceptors (Lipinski definition) is 2. The van der Waals surface area contributed by atoms with E-state index < -0.39 is 17.3 Å². The van der Waals surface area contributed by atoms with Gasteiger partial charge in [0.1, 0.15) is 0 Å². The van der Waals surface area contributed by atoms with Crippen LogP contribution in [-0.2, 0) is 16.5 Å². The highest BCUT2D eigenvalue weighted by Gasteiger charge is 2.43. The van der Waals surface area contributed by atoms with Gasteiger partial charge in [-0.15, -0.1) is 0 Å². The maximum Gasteiger partial charge on any atom is 0.416 e.